The van der Waals surface area contributed by atoms with Gasteiger partial charge in [0.2, 0.25) is 0 Å². The topological polar surface area (TPSA) is 0 Å². The Morgan fingerprint density at radius 1 is 1.22 bits per heavy atom. The molecule has 0 aliphatic heterocycles. The van der Waals surface area contributed by atoms with E-state index in [-0.39, 0.29) is 6.67 Å². The predicted molar refractivity (Wildman–Crippen MR) is 40.6 cm³/mol. The maximum atomic E-state index is 12.0. The predicted octanol–water partition coefficient (Wildman–Crippen LogP) is 2.91. The van der Waals surface area contributed by atoms with E-state index in [1.54, 1.807) is 0 Å². The molecule has 0 spiro atoms. The quantitative estimate of drug-likeness (QED) is 0.564. The van der Waals surface area contributed by atoms with E-state index in [2.05, 4.69) is 15.9 Å². The molecule has 0 unspecified atom stereocenters. The summed E-state index contributed by atoms with van der Waals surface area (Å²) in [5, 5.41) is 0. The largest absolute Gasteiger partial charge is 0.251 e. The maximum Gasteiger partial charge on any atom is 0.0922 e. The molecule has 0 atom stereocenters. The van der Waals surface area contributed by atoms with Crippen LogP contribution in [-0.2, 0) is 0 Å². The maximum absolute atomic E-state index is 12.0. The molecule has 1 aliphatic rings. The highest BCUT2D eigenvalue weighted by Gasteiger charge is 2.18. The van der Waals surface area contributed by atoms with Gasteiger partial charge in [0.15, 0.2) is 0 Å². The third kappa shape index (κ3) is 2.24. The van der Waals surface area contributed by atoms with Gasteiger partial charge in [0.05, 0.1) is 6.67 Å². The Hall–Kier alpha value is 0.410. The van der Waals surface area contributed by atoms with E-state index in [4.69, 9.17) is 0 Å². The molecule has 0 aromatic rings. The molecule has 0 saturated heterocycles. The first-order valence-corrected chi connectivity index (χ1v) is 4.44. The highest BCUT2D eigenvalue weighted by molar-refractivity contribution is 9.09. The average molecular weight is 195 g/mol. The number of halogens is 2. The van der Waals surface area contributed by atoms with Crippen LogP contribution in [0.3, 0.4) is 0 Å². The van der Waals surface area contributed by atoms with Crippen LogP contribution in [0.15, 0.2) is 0 Å². The molecule has 0 bridgehead atoms. The Morgan fingerprint density at radius 3 is 2.22 bits per heavy atom. The molecule has 1 rings (SSSR count). The van der Waals surface area contributed by atoms with Crippen molar-refractivity contribution in [3.05, 3.63) is 0 Å². The lowest BCUT2D eigenvalue weighted by Crippen LogP contribution is -2.14. The highest BCUT2D eigenvalue weighted by atomic mass is 79.9. The van der Waals surface area contributed by atoms with Crippen LogP contribution in [-0.4, -0.2) is 11.5 Å². The Balaban J connectivity index is 2.18. The Kier molecular flexibility index (Phi) is 2.96. The third-order valence-electron chi connectivity index (χ3n) is 1.99. The van der Waals surface area contributed by atoms with E-state index in [0.29, 0.717) is 10.7 Å². The zero-order chi connectivity index (χ0) is 6.69. The van der Waals surface area contributed by atoms with Crippen LogP contribution in [0, 0.1) is 5.92 Å². The second-order valence-corrected chi connectivity index (χ2v) is 4.07. The summed E-state index contributed by atoms with van der Waals surface area (Å²) < 4.78 is 12.0. The van der Waals surface area contributed by atoms with Crippen molar-refractivity contribution in [3.63, 3.8) is 0 Å². The van der Waals surface area contributed by atoms with E-state index in [0.717, 1.165) is 25.7 Å². The number of hydrogen-bond donors (Lipinski definition) is 0. The van der Waals surface area contributed by atoms with Crippen LogP contribution in [0.2, 0.25) is 0 Å². The van der Waals surface area contributed by atoms with Crippen LogP contribution in [0.1, 0.15) is 25.7 Å². The molecule has 0 radical (unpaired) electrons. The SMILES string of the molecule is FCC1CCC(Br)CC1. The fourth-order valence-electron chi connectivity index (χ4n) is 1.28. The van der Waals surface area contributed by atoms with Gasteiger partial charge in [-0.05, 0) is 31.6 Å². The second kappa shape index (κ2) is 3.55. The fraction of sp³-hybridized carbons (Fsp3) is 1.00. The number of hydrogen-bond acceptors (Lipinski definition) is 0. The molecule has 0 nitrogen and oxygen atoms in total. The first-order chi connectivity index (χ1) is 4.33. The van der Waals surface area contributed by atoms with Gasteiger partial charge in [-0.1, -0.05) is 15.9 Å². The van der Waals surface area contributed by atoms with Crippen LogP contribution in [0.4, 0.5) is 4.39 Å². The average Bonchev–Trinajstić information content (AvgIpc) is 1.90. The Bertz CT molecular complexity index is 77.0. The summed E-state index contributed by atoms with van der Waals surface area (Å²) >= 11 is 3.52. The monoisotopic (exact) mass is 194 g/mol. The lowest BCUT2D eigenvalue weighted by molar-refractivity contribution is 0.286. The summed E-state index contributed by atoms with van der Waals surface area (Å²) in [4.78, 5) is 0.667. The first kappa shape index (κ1) is 7.52. The van der Waals surface area contributed by atoms with Gasteiger partial charge >= 0.3 is 0 Å². The van der Waals surface area contributed by atoms with Crippen LogP contribution in [0.5, 0.6) is 0 Å². The van der Waals surface area contributed by atoms with Crippen molar-refractivity contribution in [2.45, 2.75) is 30.5 Å². The molecular formula is C7H12BrF. The highest BCUT2D eigenvalue weighted by Crippen LogP contribution is 2.28. The fourth-order valence-corrected chi connectivity index (χ4v) is 1.80. The van der Waals surface area contributed by atoms with Crippen molar-refractivity contribution >= 4 is 15.9 Å². The lowest BCUT2D eigenvalue weighted by atomic mass is 9.90. The zero-order valence-electron chi connectivity index (χ0n) is 5.45. The zero-order valence-corrected chi connectivity index (χ0v) is 7.03. The van der Waals surface area contributed by atoms with Crippen LogP contribution >= 0.6 is 15.9 Å². The lowest BCUT2D eigenvalue weighted by Gasteiger charge is -2.22. The van der Waals surface area contributed by atoms with Gasteiger partial charge in [-0.15, -0.1) is 0 Å². The standard InChI is InChI=1S/C7H12BrF/c8-7-3-1-6(5-9)2-4-7/h6-7H,1-5H2. The van der Waals surface area contributed by atoms with Crippen molar-refractivity contribution in [3.8, 4) is 0 Å². The van der Waals surface area contributed by atoms with Gasteiger partial charge in [0.25, 0.3) is 0 Å². The molecule has 0 heterocycles. The van der Waals surface area contributed by atoms with Gasteiger partial charge in [0, 0.05) is 4.83 Å². The second-order valence-electron chi connectivity index (χ2n) is 2.77. The molecule has 0 N–H and O–H groups in total. The van der Waals surface area contributed by atoms with Gasteiger partial charge in [-0.3, -0.25) is 4.39 Å². The smallest absolute Gasteiger partial charge is 0.0922 e. The molecular weight excluding hydrogens is 183 g/mol. The number of alkyl halides is 2. The van der Waals surface area contributed by atoms with E-state index in [1.807, 2.05) is 0 Å². The molecule has 54 valence electrons. The molecule has 1 aliphatic carbocycles. The molecule has 2 heteroatoms. The summed E-state index contributed by atoms with van der Waals surface area (Å²) in [6, 6.07) is 0. The van der Waals surface area contributed by atoms with Crippen molar-refractivity contribution in [2.24, 2.45) is 5.92 Å². The van der Waals surface area contributed by atoms with E-state index in [1.165, 1.54) is 0 Å². The Labute approximate surface area is 64.0 Å². The van der Waals surface area contributed by atoms with Crippen LogP contribution in [0.25, 0.3) is 0 Å². The van der Waals surface area contributed by atoms with Gasteiger partial charge in [-0.25, -0.2) is 0 Å². The normalized spacial score (nSPS) is 36.7. The van der Waals surface area contributed by atoms with Crippen molar-refractivity contribution in [1.82, 2.24) is 0 Å². The van der Waals surface area contributed by atoms with Crippen molar-refractivity contribution in [2.75, 3.05) is 6.67 Å². The van der Waals surface area contributed by atoms with Gasteiger partial charge in [-0.2, -0.15) is 0 Å². The number of rotatable bonds is 1. The van der Waals surface area contributed by atoms with E-state index in [9.17, 15) is 4.39 Å². The summed E-state index contributed by atoms with van der Waals surface area (Å²) in [5.41, 5.74) is 0. The summed E-state index contributed by atoms with van der Waals surface area (Å²) in [5.74, 6) is 0.374. The minimum absolute atomic E-state index is 0.111. The minimum atomic E-state index is -0.111. The molecule has 9 heavy (non-hydrogen) atoms. The minimum Gasteiger partial charge on any atom is -0.251 e. The summed E-state index contributed by atoms with van der Waals surface area (Å²) in [7, 11) is 0. The molecule has 0 aromatic carbocycles. The molecule has 0 amide bonds. The molecule has 1 fully saturated rings. The molecule has 1 saturated carbocycles. The van der Waals surface area contributed by atoms with Crippen LogP contribution < -0.4 is 0 Å². The summed E-state index contributed by atoms with van der Waals surface area (Å²) in [6.07, 6.45) is 4.47. The summed E-state index contributed by atoms with van der Waals surface area (Å²) in [6.45, 7) is -0.111. The van der Waals surface area contributed by atoms with E-state index < -0.39 is 0 Å². The van der Waals surface area contributed by atoms with Crippen molar-refractivity contribution < 1.29 is 4.39 Å². The first-order valence-electron chi connectivity index (χ1n) is 3.53. The third-order valence-corrected chi connectivity index (χ3v) is 2.91. The van der Waals surface area contributed by atoms with Gasteiger partial charge in [0.1, 0.15) is 0 Å². The van der Waals surface area contributed by atoms with Crippen molar-refractivity contribution in [1.29, 1.82) is 0 Å². The molecule has 0 aromatic heterocycles. The Morgan fingerprint density at radius 2 is 1.78 bits per heavy atom. The van der Waals surface area contributed by atoms with E-state index >= 15 is 0 Å². The van der Waals surface area contributed by atoms with Gasteiger partial charge < -0.3 is 0 Å².